The van der Waals surface area contributed by atoms with Crippen molar-refractivity contribution in [3.8, 4) is 0 Å². The van der Waals surface area contributed by atoms with Crippen molar-refractivity contribution in [1.82, 2.24) is 0 Å². The van der Waals surface area contributed by atoms with Crippen LogP contribution in [0.2, 0.25) is 7.86 Å². The third-order valence-corrected chi connectivity index (χ3v) is 14.0. The van der Waals surface area contributed by atoms with E-state index in [0.29, 0.717) is 0 Å². The van der Waals surface area contributed by atoms with E-state index in [-0.39, 0.29) is 33.9 Å². The van der Waals surface area contributed by atoms with Gasteiger partial charge in [-0.1, -0.05) is 0 Å². The molecule has 0 spiro atoms. The summed E-state index contributed by atoms with van der Waals surface area (Å²) in [6, 6.07) is 0. The first kappa shape index (κ1) is 25.2. The van der Waals surface area contributed by atoms with Crippen LogP contribution in [0.25, 0.3) is 0 Å². The zero-order chi connectivity index (χ0) is 21.2. The van der Waals surface area contributed by atoms with E-state index >= 15 is 0 Å². The fourth-order valence-corrected chi connectivity index (χ4v) is 9.71. The Balaban J connectivity index is 3.02. The van der Waals surface area contributed by atoms with E-state index in [9.17, 15) is 29.8 Å². The van der Waals surface area contributed by atoms with Crippen LogP contribution >= 0.6 is 0 Å². The van der Waals surface area contributed by atoms with Gasteiger partial charge in [0.15, 0.2) is 0 Å². The molecule has 28 heavy (non-hydrogen) atoms. The summed E-state index contributed by atoms with van der Waals surface area (Å²) < 4.78 is 25.6. The fraction of sp³-hybridized carbons (Fsp3) is 0.846. The van der Waals surface area contributed by atoms with Crippen LogP contribution in [0.3, 0.4) is 0 Å². The molecule has 0 aromatic heterocycles. The summed E-state index contributed by atoms with van der Waals surface area (Å²) in [5.41, 5.74) is -1.61. The average molecular weight is 781 g/mol. The van der Waals surface area contributed by atoms with Crippen molar-refractivity contribution in [2.45, 2.75) is 46.8 Å². The van der Waals surface area contributed by atoms with Crippen LogP contribution in [0.1, 0.15) is 26.7 Å². The number of rotatable bonds is 12. The van der Waals surface area contributed by atoms with E-state index in [0.717, 1.165) is 0 Å². The zero-order valence-electron chi connectivity index (χ0n) is 15.7. The van der Waals surface area contributed by atoms with Crippen LogP contribution in [-0.4, -0.2) is 47.5 Å². The van der Waals surface area contributed by atoms with Crippen molar-refractivity contribution in [1.29, 1.82) is 0 Å². The molecule has 0 radical (unpaired) electrons. The molecule has 152 valence electrons. The maximum atomic E-state index is 12.7. The van der Waals surface area contributed by atoms with Crippen molar-refractivity contribution < 1.29 is 89.5 Å². The number of carbonyl (C=O) groups is 2. The van der Waals surface area contributed by atoms with Crippen molar-refractivity contribution in [3.63, 3.8) is 0 Å². The van der Waals surface area contributed by atoms with Gasteiger partial charge in [-0.25, -0.2) is 0 Å². The summed E-state index contributed by atoms with van der Waals surface area (Å²) in [4.78, 5) is 46.1. The minimum absolute atomic E-state index is 0.0325. The summed E-state index contributed by atoms with van der Waals surface area (Å²) in [5, 5.41) is 19.1. The number of nitrogens with zero attached hydrogens (tertiary/aromatic N) is 2. The molecular weight excluding hydrogens is 761 g/mol. The van der Waals surface area contributed by atoms with Gasteiger partial charge < -0.3 is 0 Å². The quantitative estimate of drug-likeness (QED) is 0.0908. The van der Waals surface area contributed by atoms with Gasteiger partial charge in [-0.2, -0.15) is 0 Å². The van der Waals surface area contributed by atoms with Crippen LogP contribution in [0.4, 0.5) is 0 Å². The van der Waals surface area contributed by atoms with Gasteiger partial charge in [0.25, 0.3) is 0 Å². The van der Waals surface area contributed by atoms with E-state index in [4.69, 9.17) is 14.2 Å². The Labute approximate surface area is 186 Å². The summed E-state index contributed by atoms with van der Waals surface area (Å²) in [6.07, 6.45) is -1.32. The molecule has 1 aliphatic rings. The molecule has 0 aromatic rings. The van der Waals surface area contributed by atoms with E-state index < -0.39 is 89.8 Å². The molecule has 1 heterocycles. The standard InChI is InChI=1S/C13H20O5.2Hg.2NO3/c1-5-16-11(14)13(12(15)17-6-2)7-9(3)18-10(4)8-13;;;2*2-1(3)4/h9-10H,3-8H2,1-2H3;;;;/q;2*+1;2*-1. The SMILES string of the molecule is CCOC(=O)C1(C(=O)OCC)CC([CH2][Hg][O][N+](=O)[O-])OC([CH2][Hg][O][N+](=O)[O-])C1. The summed E-state index contributed by atoms with van der Waals surface area (Å²) in [5.74, 6) is -1.49. The number of esters is 2. The Hall–Kier alpha value is -0.830. The Morgan fingerprint density at radius 3 is 1.68 bits per heavy atom. The van der Waals surface area contributed by atoms with Crippen molar-refractivity contribution in [3.05, 3.63) is 20.2 Å². The molecule has 0 saturated carbocycles. The molecule has 0 N–H and O–H groups in total. The normalized spacial score (nSPS) is 20.1. The van der Waals surface area contributed by atoms with E-state index in [1.165, 1.54) is 0 Å². The van der Waals surface area contributed by atoms with Crippen LogP contribution < -0.4 is 0 Å². The molecule has 0 bridgehead atoms. The second kappa shape index (κ2) is 12.7. The first-order valence-corrected chi connectivity index (χ1v) is 21.1. The minimum atomic E-state index is -2.40. The molecule has 1 rings (SSSR count). The Kier molecular flexibility index (Phi) is 11.4. The average Bonchev–Trinajstić information content (AvgIpc) is 2.61. The van der Waals surface area contributed by atoms with Crippen molar-refractivity contribution >= 4 is 11.9 Å². The zero-order valence-corrected chi connectivity index (χ0v) is 26.7. The van der Waals surface area contributed by atoms with Gasteiger partial charge in [0.1, 0.15) is 0 Å². The van der Waals surface area contributed by atoms with Gasteiger partial charge in [-0.05, 0) is 0 Å². The monoisotopic (exact) mass is 784 g/mol. The number of ether oxygens (including phenoxy) is 3. The summed E-state index contributed by atoms with van der Waals surface area (Å²) in [7, 11) is 0. The Bertz CT molecular complexity index is 529. The van der Waals surface area contributed by atoms with Crippen LogP contribution in [0.5, 0.6) is 0 Å². The van der Waals surface area contributed by atoms with Gasteiger partial charge in [-0.3, -0.25) is 0 Å². The second-order valence-electron chi connectivity index (χ2n) is 6.00. The van der Waals surface area contributed by atoms with E-state index in [1.54, 1.807) is 13.8 Å². The van der Waals surface area contributed by atoms with Crippen molar-refractivity contribution in [2.24, 2.45) is 5.41 Å². The Morgan fingerprint density at radius 2 is 1.36 bits per heavy atom. The number of hydrogen-bond donors (Lipinski definition) is 0. The van der Waals surface area contributed by atoms with Crippen LogP contribution in [0, 0.1) is 25.6 Å². The van der Waals surface area contributed by atoms with Gasteiger partial charge in [-0.15, -0.1) is 0 Å². The van der Waals surface area contributed by atoms with Crippen LogP contribution in [0.15, 0.2) is 0 Å². The number of hydrogen-bond acceptors (Lipinski definition) is 11. The van der Waals surface area contributed by atoms with Gasteiger partial charge in [0, 0.05) is 0 Å². The molecule has 0 aromatic carbocycles. The van der Waals surface area contributed by atoms with E-state index in [2.05, 4.69) is 5.49 Å². The predicted molar refractivity (Wildman–Crippen MR) is 79.4 cm³/mol. The summed E-state index contributed by atoms with van der Waals surface area (Å²) >= 11 is -4.79. The third-order valence-electron chi connectivity index (χ3n) is 4.14. The molecule has 13 nitrogen and oxygen atoms in total. The Morgan fingerprint density at radius 1 is 0.964 bits per heavy atom. The molecule has 1 fully saturated rings. The summed E-state index contributed by atoms with van der Waals surface area (Å²) in [6.45, 7) is 3.33. The second-order valence-corrected chi connectivity index (χ2v) is 15.7. The topological polar surface area (TPSA) is 167 Å². The van der Waals surface area contributed by atoms with E-state index in [1.807, 2.05) is 0 Å². The predicted octanol–water partition coefficient (Wildman–Crippen LogP) is 0.895. The number of carbonyl (C=O) groups excluding carboxylic acids is 2. The third kappa shape index (κ3) is 7.89. The van der Waals surface area contributed by atoms with Crippen molar-refractivity contribution in [2.75, 3.05) is 13.2 Å². The molecule has 0 amide bonds. The van der Waals surface area contributed by atoms with Gasteiger partial charge >= 0.3 is 187 Å². The molecule has 2 unspecified atom stereocenters. The fourth-order valence-electron chi connectivity index (χ4n) is 3.04. The maximum absolute atomic E-state index is 12.7. The first-order valence-electron chi connectivity index (χ1n) is 8.79. The molecule has 1 aliphatic heterocycles. The molecule has 15 heteroatoms. The van der Waals surface area contributed by atoms with Gasteiger partial charge in [0.2, 0.25) is 0 Å². The molecule has 0 aliphatic carbocycles. The first-order chi connectivity index (χ1) is 13.2. The van der Waals surface area contributed by atoms with Crippen LogP contribution in [-0.2, 0) is 79.4 Å². The molecule has 1 saturated heterocycles. The molecular formula is C13H20Hg2N2O11. The van der Waals surface area contributed by atoms with Gasteiger partial charge in [0.05, 0.1) is 0 Å². The molecule has 2 atom stereocenters.